The summed E-state index contributed by atoms with van der Waals surface area (Å²) in [6, 6.07) is 10.6. The van der Waals surface area contributed by atoms with Crippen molar-refractivity contribution in [2.24, 2.45) is 5.73 Å². The van der Waals surface area contributed by atoms with Crippen LogP contribution in [0.15, 0.2) is 35.1 Å². The summed E-state index contributed by atoms with van der Waals surface area (Å²) in [5.74, 6) is 0. The van der Waals surface area contributed by atoms with Crippen molar-refractivity contribution in [3.63, 3.8) is 0 Å². The molecule has 23 heavy (non-hydrogen) atoms. The van der Waals surface area contributed by atoms with Gasteiger partial charge < -0.3 is 15.4 Å². The molecule has 1 saturated heterocycles. The number of piperidine rings is 1. The van der Waals surface area contributed by atoms with Gasteiger partial charge in [0.15, 0.2) is 0 Å². The van der Waals surface area contributed by atoms with Crippen molar-refractivity contribution in [1.29, 1.82) is 5.26 Å². The van der Waals surface area contributed by atoms with Crippen LogP contribution in [0.5, 0.6) is 0 Å². The third-order valence-corrected chi connectivity index (χ3v) is 4.48. The summed E-state index contributed by atoms with van der Waals surface area (Å²) in [7, 11) is 0. The summed E-state index contributed by atoms with van der Waals surface area (Å²) in [4.78, 5) is 14.3. The van der Waals surface area contributed by atoms with E-state index in [2.05, 4.69) is 11.0 Å². The summed E-state index contributed by atoms with van der Waals surface area (Å²) < 4.78 is 1.69. The highest BCUT2D eigenvalue weighted by molar-refractivity contribution is 5.80. The number of nitrogens with zero attached hydrogens (tertiary/aromatic N) is 3. The van der Waals surface area contributed by atoms with Crippen molar-refractivity contribution in [3.8, 4) is 6.07 Å². The van der Waals surface area contributed by atoms with Crippen LogP contribution in [0.2, 0.25) is 0 Å². The SMILES string of the molecule is N#Cc1ccc2ccc(=O)n(CCN3CC[C@@H](N)[C@@H](O)C3)c2c1. The van der Waals surface area contributed by atoms with Gasteiger partial charge in [-0.25, -0.2) is 0 Å². The number of aliphatic hydroxyl groups excluding tert-OH is 1. The van der Waals surface area contributed by atoms with Crippen molar-refractivity contribution in [1.82, 2.24) is 9.47 Å². The lowest BCUT2D eigenvalue weighted by Gasteiger charge is -2.34. The van der Waals surface area contributed by atoms with Crippen LogP contribution in [0.25, 0.3) is 10.9 Å². The van der Waals surface area contributed by atoms with Crippen molar-refractivity contribution >= 4 is 10.9 Å². The van der Waals surface area contributed by atoms with E-state index in [0.717, 1.165) is 23.9 Å². The van der Waals surface area contributed by atoms with Crippen LogP contribution >= 0.6 is 0 Å². The second-order valence-electron chi connectivity index (χ2n) is 6.03. The lowest BCUT2D eigenvalue weighted by atomic mass is 10.0. The summed E-state index contributed by atoms with van der Waals surface area (Å²) in [5, 5.41) is 19.9. The van der Waals surface area contributed by atoms with E-state index in [1.165, 1.54) is 0 Å². The number of hydrogen-bond donors (Lipinski definition) is 2. The molecule has 2 heterocycles. The summed E-state index contributed by atoms with van der Waals surface area (Å²) in [5.41, 5.74) is 7.04. The Bertz CT molecular complexity index is 808. The molecule has 0 unspecified atom stereocenters. The molecule has 2 aromatic rings. The Balaban J connectivity index is 1.83. The highest BCUT2D eigenvalue weighted by atomic mass is 16.3. The van der Waals surface area contributed by atoms with Gasteiger partial charge in [0, 0.05) is 31.7 Å². The van der Waals surface area contributed by atoms with E-state index in [1.54, 1.807) is 28.8 Å². The molecule has 0 amide bonds. The first kappa shape index (κ1) is 15.7. The van der Waals surface area contributed by atoms with Crippen LogP contribution in [0.1, 0.15) is 12.0 Å². The van der Waals surface area contributed by atoms with Gasteiger partial charge in [-0.3, -0.25) is 9.69 Å². The minimum atomic E-state index is -0.516. The molecule has 0 radical (unpaired) electrons. The van der Waals surface area contributed by atoms with Crippen LogP contribution in [0.4, 0.5) is 0 Å². The Morgan fingerprint density at radius 3 is 2.83 bits per heavy atom. The first-order valence-corrected chi connectivity index (χ1v) is 7.78. The zero-order chi connectivity index (χ0) is 16.4. The quantitative estimate of drug-likeness (QED) is 0.848. The van der Waals surface area contributed by atoms with E-state index < -0.39 is 6.10 Å². The maximum Gasteiger partial charge on any atom is 0.251 e. The molecule has 1 fully saturated rings. The largest absolute Gasteiger partial charge is 0.390 e. The van der Waals surface area contributed by atoms with E-state index in [9.17, 15) is 9.90 Å². The fourth-order valence-electron chi connectivity index (χ4n) is 3.05. The van der Waals surface area contributed by atoms with Crippen LogP contribution in [-0.4, -0.2) is 46.4 Å². The van der Waals surface area contributed by atoms with Crippen molar-refractivity contribution in [2.75, 3.05) is 19.6 Å². The highest BCUT2D eigenvalue weighted by Crippen LogP contribution is 2.15. The number of aromatic nitrogens is 1. The maximum atomic E-state index is 12.2. The number of β-amino-alcohol motifs (C(OH)–C–C–N with tert-alkyl or cyclic N) is 1. The maximum absolute atomic E-state index is 12.2. The fraction of sp³-hybridized carbons (Fsp3) is 0.412. The number of pyridine rings is 1. The topological polar surface area (TPSA) is 95.3 Å². The number of fused-ring (bicyclic) bond motifs is 1. The predicted octanol–water partition coefficient (Wildman–Crippen LogP) is 0.267. The first-order valence-electron chi connectivity index (χ1n) is 7.78. The summed E-state index contributed by atoms with van der Waals surface area (Å²) in [6.07, 6.45) is 0.239. The zero-order valence-corrected chi connectivity index (χ0v) is 12.9. The average molecular weight is 312 g/mol. The smallest absolute Gasteiger partial charge is 0.251 e. The molecular weight excluding hydrogens is 292 g/mol. The number of nitrogens with two attached hydrogens (primary N) is 1. The zero-order valence-electron chi connectivity index (χ0n) is 12.9. The monoisotopic (exact) mass is 312 g/mol. The van der Waals surface area contributed by atoms with Gasteiger partial charge in [0.1, 0.15) is 0 Å². The second kappa shape index (κ2) is 6.50. The van der Waals surface area contributed by atoms with Crippen LogP contribution in [0, 0.1) is 11.3 Å². The minimum absolute atomic E-state index is 0.0816. The molecular formula is C17H20N4O2. The standard InChI is InChI=1S/C17H20N4O2/c18-10-12-1-2-13-3-4-17(23)21(15(13)9-12)8-7-20-6-5-14(19)16(22)11-20/h1-4,9,14,16,22H,5-8,11,19H2/t14-,16+/m1/s1. The van der Waals surface area contributed by atoms with Crippen molar-refractivity contribution in [2.45, 2.75) is 25.1 Å². The van der Waals surface area contributed by atoms with Crippen LogP contribution in [-0.2, 0) is 6.54 Å². The molecule has 6 heteroatoms. The fourth-order valence-corrected chi connectivity index (χ4v) is 3.05. The molecule has 1 aliphatic rings. The van der Waals surface area contributed by atoms with E-state index in [1.807, 2.05) is 6.07 Å². The van der Waals surface area contributed by atoms with Gasteiger partial charge in [0.05, 0.1) is 23.3 Å². The molecule has 2 atom stereocenters. The van der Waals surface area contributed by atoms with E-state index in [0.29, 0.717) is 25.2 Å². The first-order chi connectivity index (χ1) is 11.1. The normalized spacial score (nSPS) is 22.1. The molecule has 0 aliphatic carbocycles. The van der Waals surface area contributed by atoms with Gasteiger partial charge in [0.25, 0.3) is 5.56 Å². The number of likely N-dealkylation sites (tertiary alicyclic amines) is 1. The number of aliphatic hydroxyl groups is 1. The number of rotatable bonds is 3. The molecule has 1 aromatic heterocycles. The van der Waals surface area contributed by atoms with Crippen LogP contribution < -0.4 is 11.3 Å². The van der Waals surface area contributed by atoms with E-state index >= 15 is 0 Å². The molecule has 3 N–H and O–H groups in total. The minimum Gasteiger partial charge on any atom is -0.390 e. The van der Waals surface area contributed by atoms with E-state index in [-0.39, 0.29) is 11.6 Å². The van der Waals surface area contributed by atoms with Gasteiger partial charge in [-0.2, -0.15) is 5.26 Å². The van der Waals surface area contributed by atoms with Gasteiger partial charge in [0.2, 0.25) is 0 Å². The Kier molecular flexibility index (Phi) is 4.44. The lowest BCUT2D eigenvalue weighted by molar-refractivity contribution is 0.0520. The van der Waals surface area contributed by atoms with Crippen molar-refractivity contribution in [3.05, 3.63) is 46.2 Å². The summed E-state index contributed by atoms with van der Waals surface area (Å²) in [6.45, 7) is 2.54. The third kappa shape index (κ3) is 3.27. The Morgan fingerprint density at radius 1 is 1.30 bits per heavy atom. The Labute approximate surface area is 134 Å². The molecule has 120 valence electrons. The van der Waals surface area contributed by atoms with Crippen molar-refractivity contribution < 1.29 is 5.11 Å². The number of hydrogen-bond acceptors (Lipinski definition) is 5. The summed E-state index contributed by atoms with van der Waals surface area (Å²) >= 11 is 0. The average Bonchev–Trinajstić information content (AvgIpc) is 2.56. The number of nitriles is 1. The predicted molar refractivity (Wildman–Crippen MR) is 88.0 cm³/mol. The molecule has 0 saturated carbocycles. The molecule has 0 bridgehead atoms. The van der Waals surface area contributed by atoms with Gasteiger partial charge in [-0.05, 0) is 36.6 Å². The van der Waals surface area contributed by atoms with Gasteiger partial charge in [-0.15, -0.1) is 0 Å². The molecule has 6 nitrogen and oxygen atoms in total. The number of benzene rings is 1. The Hall–Kier alpha value is -2.20. The van der Waals surface area contributed by atoms with E-state index in [4.69, 9.17) is 11.0 Å². The molecule has 1 aromatic carbocycles. The third-order valence-electron chi connectivity index (χ3n) is 4.48. The second-order valence-corrected chi connectivity index (χ2v) is 6.03. The van der Waals surface area contributed by atoms with Gasteiger partial charge >= 0.3 is 0 Å². The van der Waals surface area contributed by atoms with Crippen LogP contribution in [0.3, 0.4) is 0 Å². The Morgan fingerprint density at radius 2 is 2.09 bits per heavy atom. The molecule has 1 aliphatic heterocycles. The van der Waals surface area contributed by atoms with Gasteiger partial charge in [-0.1, -0.05) is 6.07 Å². The highest BCUT2D eigenvalue weighted by Gasteiger charge is 2.24. The molecule has 0 spiro atoms. The molecule has 3 rings (SSSR count). The lowest BCUT2D eigenvalue weighted by Crippen LogP contribution is -2.51.